The van der Waals surface area contributed by atoms with E-state index in [4.69, 9.17) is 20.9 Å². The number of amides is 1. The molecule has 2 aromatic carbocycles. The minimum absolute atomic E-state index is 0.0422. The molecule has 0 bridgehead atoms. The van der Waals surface area contributed by atoms with Gasteiger partial charge in [0.1, 0.15) is 0 Å². The number of esters is 1. The van der Waals surface area contributed by atoms with E-state index in [1.807, 2.05) is 0 Å². The van der Waals surface area contributed by atoms with E-state index in [0.29, 0.717) is 29.4 Å². The SMILES string of the molecule is CCOC(=O)c1cc(NC(=O)c2ccc(-c3noc(CC(C)(C)C)n3)cc2)ccc1Cl. The lowest BCUT2D eigenvalue weighted by molar-refractivity contribution is 0.0526. The topological polar surface area (TPSA) is 94.3 Å². The van der Waals surface area contributed by atoms with Crippen LogP contribution in [-0.2, 0) is 11.2 Å². The van der Waals surface area contributed by atoms with Gasteiger partial charge in [-0.25, -0.2) is 4.79 Å². The highest BCUT2D eigenvalue weighted by Crippen LogP contribution is 2.24. The van der Waals surface area contributed by atoms with Crippen LogP contribution >= 0.6 is 11.6 Å². The summed E-state index contributed by atoms with van der Waals surface area (Å²) in [5.41, 5.74) is 1.86. The van der Waals surface area contributed by atoms with Crippen LogP contribution in [0.2, 0.25) is 5.02 Å². The van der Waals surface area contributed by atoms with Gasteiger partial charge in [-0.05, 0) is 42.7 Å². The minimum Gasteiger partial charge on any atom is -0.462 e. The van der Waals surface area contributed by atoms with E-state index in [0.717, 1.165) is 5.56 Å². The summed E-state index contributed by atoms with van der Waals surface area (Å²) in [6.45, 7) is 8.24. The maximum atomic E-state index is 12.6. The maximum absolute atomic E-state index is 12.6. The molecule has 0 aliphatic rings. The molecule has 7 nitrogen and oxygen atoms in total. The van der Waals surface area contributed by atoms with Crippen molar-refractivity contribution in [3.63, 3.8) is 0 Å². The molecule has 31 heavy (non-hydrogen) atoms. The van der Waals surface area contributed by atoms with E-state index in [2.05, 4.69) is 36.2 Å². The van der Waals surface area contributed by atoms with Gasteiger partial charge in [0, 0.05) is 23.2 Å². The number of ether oxygens (including phenoxy) is 1. The molecule has 0 spiro atoms. The van der Waals surface area contributed by atoms with Gasteiger partial charge >= 0.3 is 5.97 Å². The third-order valence-electron chi connectivity index (χ3n) is 4.27. The number of carbonyl (C=O) groups excluding carboxylic acids is 2. The summed E-state index contributed by atoms with van der Waals surface area (Å²) in [6, 6.07) is 11.5. The summed E-state index contributed by atoms with van der Waals surface area (Å²) in [7, 11) is 0. The van der Waals surface area contributed by atoms with Gasteiger partial charge in [0.25, 0.3) is 5.91 Å². The second-order valence-corrected chi connectivity index (χ2v) is 8.60. The Kier molecular flexibility index (Phi) is 6.75. The van der Waals surface area contributed by atoms with E-state index in [-0.39, 0.29) is 28.5 Å². The van der Waals surface area contributed by atoms with Gasteiger partial charge in [0.15, 0.2) is 0 Å². The van der Waals surface area contributed by atoms with Gasteiger partial charge in [-0.2, -0.15) is 4.98 Å². The molecule has 0 unspecified atom stereocenters. The van der Waals surface area contributed by atoms with Crippen LogP contribution in [0.3, 0.4) is 0 Å². The van der Waals surface area contributed by atoms with Crippen molar-refractivity contribution in [2.75, 3.05) is 11.9 Å². The van der Waals surface area contributed by atoms with Gasteiger partial charge in [-0.3, -0.25) is 4.79 Å². The molecule has 8 heteroatoms. The normalized spacial score (nSPS) is 11.3. The molecule has 0 atom stereocenters. The maximum Gasteiger partial charge on any atom is 0.339 e. The number of aromatic nitrogens is 2. The zero-order valence-corrected chi connectivity index (χ0v) is 18.6. The number of rotatable bonds is 6. The first-order valence-electron chi connectivity index (χ1n) is 9.87. The molecule has 1 aromatic heterocycles. The molecule has 162 valence electrons. The zero-order valence-electron chi connectivity index (χ0n) is 17.9. The largest absolute Gasteiger partial charge is 0.462 e. The van der Waals surface area contributed by atoms with Crippen molar-refractivity contribution < 1.29 is 18.8 Å². The van der Waals surface area contributed by atoms with Gasteiger partial charge in [0.05, 0.1) is 17.2 Å². The Labute approximate surface area is 185 Å². The average Bonchev–Trinajstić information content (AvgIpc) is 3.16. The number of hydrogen-bond donors (Lipinski definition) is 1. The molecule has 0 aliphatic heterocycles. The molecular formula is C23H24ClN3O4. The van der Waals surface area contributed by atoms with Crippen LogP contribution in [0.1, 0.15) is 54.3 Å². The number of anilines is 1. The summed E-state index contributed by atoms with van der Waals surface area (Å²) < 4.78 is 10.3. The van der Waals surface area contributed by atoms with Gasteiger partial charge < -0.3 is 14.6 Å². The second kappa shape index (κ2) is 9.31. The Morgan fingerprint density at radius 3 is 2.48 bits per heavy atom. The van der Waals surface area contributed by atoms with Crippen LogP contribution in [0.4, 0.5) is 5.69 Å². The zero-order chi connectivity index (χ0) is 22.6. The van der Waals surface area contributed by atoms with Crippen LogP contribution in [0.25, 0.3) is 11.4 Å². The van der Waals surface area contributed by atoms with Crippen molar-refractivity contribution in [3.05, 3.63) is 64.5 Å². The Morgan fingerprint density at radius 2 is 1.84 bits per heavy atom. The monoisotopic (exact) mass is 441 g/mol. The summed E-state index contributed by atoms with van der Waals surface area (Å²) >= 11 is 6.06. The van der Waals surface area contributed by atoms with E-state index < -0.39 is 5.97 Å². The average molecular weight is 442 g/mol. The minimum atomic E-state index is -0.543. The van der Waals surface area contributed by atoms with E-state index in [1.165, 1.54) is 12.1 Å². The predicted molar refractivity (Wildman–Crippen MR) is 118 cm³/mol. The fraction of sp³-hybridized carbons (Fsp3) is 0.304. The van der Waals surface area contributed by atoms with Crippen LogP contribution in [0.5, 0.6) is 0 Å². The van der Waals surface area contributed by atoms with E-state index in [9.17, 15) is 9.59 Å². The van der Waals surface area contributed by atoms with Crippen LogP contribution in [-0.4, -0.2) is 28.6 Å². The molecule has 0 radical (unpaired) electrons. The molecule has 1 N–H and O–H groups in total. The van der Waals surface area contributed by atoms with Crippen LogP contribution < -0.4 is 5.32 Å². The smallest absolute Gasteiger partial charge is 0.339 e. The fourth-order valence-corrected chi connectivity index (χ4v) is 3.03. The molecule has 1 amide bonds. The Bertz CT molecular complexity index is 1080. The standard InChI is InChI=1S/C23H24ClN3O4/c1-5-30-22(29)17-12-16(10-11-18(17)24)25-21(28)15-8-6-14(7-9-15)20-26-19(31-27-20)13-23(2,3)4/h6-12H,5,13H2,1-4H3,(H,25,28). The Morgan fingerprint density at radius 1 is 1.13 bits per heavy atom. The summed E-state index contributed by atoms with van der Waals surface area (Å²) in [5, 5.41) is 7.03. The molecule has 1 heterocycles. The van der Waals surface area contributed by atoms with E-state index in [1.54, 1.807) is 37.3 Å². The van der Waals surface area contributed by atoms with Gasteiger partial charge in [-0.1, -0.05) is 49.7 Å². The highest BCUT2D eigenvalue weighted by atomic mass is 35.5. The highest BCUT2D eigenvalue weighted by molar-refractivity contribution is 6.33. The van der Waals surface area contributed by atoms with Crippen molar-refractivity contribution in [3.8, 4) is 11.4 Å². The molecule has 0 fully saturated rings. The predicted octanol–water partition coefficient (Wildman–Crippen LogP) is 5.41. The van der Waals surface area contributed by atoms with Crippen LogP contribution in [0.15, 0.2) is 47.0 Å². The van der Waals surface area contributed by atoms with Crippen LogP contribution in [0, 0.1) is 5.41 Å². The molecular weight excluding hydrogens is 418 g/mol. The lowest BCUT2D eigenvalue weighted by Gasteiger charge is -2.13. The van der Waals surface area contributed by atoms with E-state index >= 15 is 0 Å². The lowest BCUT2D eigenvalue weighted by Crippen LogP contribution is -2.13. The quantitative estimate of drug-likeness (QED) is 0.514. The number of nitrogens with zero attached hydrogens (tertiary/aromatic N) is 2. The lowest BCUT2D eigenvalue weighted by atomic mass is 9.92. The molecule has 3 rings (SSSR count). The second-order valence-electron chi connectivity index (χ2n) is 8.20. The third-order valence-corrected chi connectivity index (χ3v) is 4.60. The van der Waals surface area contributed by atoms with Gasteiger partial charge in [-0.15, -0.1) is 0 Å². The fourth-order valence-electron chi connectivity index (χ4n) is 2.84. The Balaban J connectivity index is 1.71. The van der Waals surface area contributed by atoms with Gasteiger partial charge in [0.2, 0.25) is 11.7 Å². The molecule has 0 saturated carbocycles. The third kappa shape index (κ3) is 5.92. The first kappa shape index (κ1) is 22.5. The van der Waals surface area contributed by atoms with Crippen molar-refractivity contribution in [1.82, 2.24) is 10.1 Å². The summed E-state index contributed by atoms with van der Waals surface area (Å²) in [5.74, 6) is 0.177. The molecule has 0 saturated heterocycles. The number of hydrogen-bond acceptors (Lipinski definition) is 6. The number of benzene rings is 2. The number of carbonyl (C=O) groups is 2. The molecule has 3 aromatic rings. The van der Waals surface area contributed by atoms with Crippen molar-refractivity contribution >= 4 is 29.2 Å². The van der Waals surface area contributed by atoms with Crippen molar-refractivity contribution in [1.29, 1.82) is 0 Å². The Hall–Kier alpha value is -3.19. The highest BCUT2D eigenvalue weighted by Gasteiger charge is 2.18. The number of halogens is 1. The first-order valence-corrected chi connectivity index (χ1v) is 10.2. The van der Waals surface area contributed by atoms with Crippen molar-refractivity contribution in [2.45, 2.75) is 34.1 Å². The number of nitrogens with one attached hydrogen (secondary N) is 1. The summed E-state index contributed by atoms with van der Waals surface area (Å²) in [6.07, 6.45) is 0.676. The first-order chi connectivity index (χ1) is 14.7. The van der Waals surface area contributed by atoms with Crippen molar-refractivity contribution in [2.24, 2.45) is 5.41 Å². The molecule has 0 aliphatic carbocycles. The summed E-state index contributed by atoms with van der Waals surface area (Å²) in [4.78, 5) is 29.0.